The van der Waals surface area contributed by atoms with Crippen molar-refractivity contribution in [1.29, 1.82) is 5.41 Å². The van der Waals surface area contributed by atoms with Crippen LogP contribution in [-0.4, -0.2) is 43.5 Å². The Morgan fingerprint density at radius 2 is 2.00 bits per heavy atom. The SMILES string of the molecule is CCCN1CCN(c2ccc(C(=N)N)c(Br)c2F)CC1. The highest BCUT2D eigenvalue weighted by atomic mass is 79.9. The van der Waals surface area contributed by atoms with Gasteiger partial charge in [0.25, 0.3) is 0 Å². The monoisotopic (exact) mass is 342 g/mol. The van der Waals surface area contributed by atoms with Crippen LogP contribution in [0.4, 0.5) is 10.1 Å². The van der Waals surface area contributed by atoms with Crippen molar-refractivity contribution in [1.82, 2.24) is 4.90 Å². The molecule has 1 aromatic rings. The van der Waals surface area contributed by atoms with Crippen molar-refractivity contribution >= 4 is 27.5 Å². The number of amidine groups is 1. The van der Waals surface area contributed by atoms with Gasteiger partial charge in [-0.3, -0.25) is 10.3 Å². The topological polar surface area (TPSA) is 56.4 Å². The fourth-order valence-corrected chi connectivity index (χ4v) is 3.07. The summed E-state index contributed by atoms with van der Waals surface area (Å²) in [5, 5.41) is 7.42. The van der Waals surface area contributed by atoms with Crippen LogP contribution in [0.25, 0.3) is 0 Å². The second-order valence-electron chi connectivity index (χ2n) is 5.00. The number of benzene rings is 1. The molecule has 1 heterocycles. The first-order valence-electron chi connectivity index (χ1n) is 6.84. The summed E-state index contributed by atoms with van der Waals surface area (Å²) in [5.74, 6) is -0.461. The maximum Gasteiger partial charge on any atom is 0.161 e. The van der Waals surface area contributed by atoms with Crippen molar-refractivity contribution in [2.45, 2.75) is 13.3 Å². The zero-order chi connectivity index (χ0) is 14.7. The summed E-state index contributed by atoms with van der Waals surface area (Å²) in [6.45, 7) is 6.83. The number of rotatable bonds is 4. The van der Waals surface area contributed by atoms with Crippen LogP contribution in [0.1, 0.15) is 18.9 Å². The number of nitrogens with zero attached hydrogens (tertiary/aromatic N) is 2. The second kappa shape index (κ2) is 6.54. The number of hydrogen-bond donors (Lipinski definition) is 2. The molecule has 0 aliphatic carbocycles. The Labute approximate surface area is 127 Å². The van der Waals surface area contributed by atoms with E-state index < -0.39 is 0 Å². The molecule has 4 nitrogen and oxygen atoms in total. The average molecular weight is 343 g/mol. The number of hydrogen-bond acceptors (Lipinski definition) is 3. The van der Waals surface area contributed by atoms with Gasteiger partial charge < -0.3 is 10.6 Å². The fraction of sp³-hybridized carbons (Fsp3) is 0.500. The first-order valence-corrected chi connectivity index (χ1v) is 7.63. The zero-order valence-corrected chi connectivity index (χ0v) is 13.2. The number of nitrogen functional groups attached to an aromatic ring is 1. The summed E-state index contributed by atoms with van der Waals surface area (Å²) < 4.78 is 14.7. The van der Waals surface area contributed by atoms with Gasteiger partial charge >= 0.3 is 0 Å². The van der Waals surface area contributed by atoms with Crippen molar-refractivity contribution in [2.24, 2.45) is 5.73 Å². The smallest absolute Gasteiger partial charge is 0.161 e. The molecule has 2 rings (SSSR count). The van der Waals surface area contributed by atoms with Crippen LogP contribution < -0.4 is 10.6 Å². The maximum atomic E-state index is 14.4. The lowest BCUT2D eigenvalue weighted by atomic mass is 10.1. The van der Waals surface area contributed by atoms with Crippen molar-refractivity contribution in [3.05, 3.63) is 28.0 Å². The molecule has 110 valence electrons. The van der Waals surface area contributed by atoms with E-state index in [1.807, 2.05) is 0 Å². The minimum atomic E-state index is -0.332. The Balaban J connectivity index is 2.15. The second-order valence-corrected chi connectivity index (χ2v) is 5.80. The van der Waals surface area contributed by atoms with Crippen molar-refractivity contribution in [3.8, 4) is 0 Å². The minimum absolute atomic E-state index is 0.130. The molecule has 0 spiro atoms. The third-order valence-electron chi connectivity index (χ3n) is 3.60. The molecule has 6 heteroatoms. The Kier molecular flexibility index (Phi) is 4.99. The third kappa shape index (κ3) is 3.12. The molecule has 0 aromatic heterocycles. The number of nitrogens with one attached hydrogen (secondary N) is 1. The van der Waals surface area contributed by atoms with Gasteiger partial charge in [-0.05, 0) is 41.0 Å². The van der Waals surface area contributed by atoms with Crippen LogP contribution in [0, 0.1) is 11.2 Å². The summed E-state index contributed by atoms with van der Waals surface area (Å²) in [7, 11) is 0. The summed E-state index contributed by atoms with van der Waals surface area (Å²) in [5.41, 5.74) is 6.41. The predicted octanol–water partition coefficient (Wildman–Crippen LogP) is 2.40. The molecule has 0 atom stereocenters. The molecule has 1 aromatic carbocycles. The largest absolute Gasteiger partial charge is 0.384 e. The molecule has 1 fully saturated rings. The fourth-order valence-electron chi connectivity index (χ4n) is 2.52. The predicted molar refractivity (Wildman–Crippen MR) is 84.1 cm³/mol. The molecule has 0 unspecified atom stereocenters. The summed E-state index contributed by atoms with van der Waals surface area (Å²) in [4.78, 5) is 4.45. The van der Waals surface area contributed by atoms with Crippen molar-refractivity contribution in [2.75, 3.05) is 37.6 Å². The van der Waals surface area contributed by atoms with Gasteiger partial charge in [-0.15, -0.1) is 0 Å². The molecule has 0 amide bonds. The van der Waals surface area contributed by atoms with Gasteiger partial charge in [-0.1, -0.05) is 6.92 Å². The lowest BCUT2D eigenvalue weighted by molar-refractivity contribution is 0.258. The van der Waals surface area contributed by atoms with Gasteiger partial charge in [0.2, 0.25) is 0 Å². The number of piperazine rings is 1. The van der Waals surface area contributed by atoms with Gasteiger partial charge in [-0.25, -0.2) is 4.39 Å². The normalized spacial score (nSPS) is 16.4. The van der Waals surface area contributed by atoms with Gasteiger partial charge in [0.1, 0.15) is 5.84 Å². The van der Waals surface area contributed by atoms with Crippen LogP contribution in [-0.2, 0) is 0 Å². The zero-order valence-electron chi connectivity index (χ0n) is 11.6. The lowest BCUT2D eigenvalue weighted by Crippen LogP contribution is -2.46. The molecular weight excluding hydrogens is 323 g/mol. The van der Waals surface area contributed by atoms with E-state index in [4.69, 9.17) is 11.1 Å². The van der Waals surface area contributed by atoms with Gasteiger partial charge in [0.05, 0.1) is 10.2 Å². The van der Waals surface area contributed by atoms with Gasteiger partial charge in [0, 0.05) is 31.7 Å². The van der Waals surface area contributed by atoms with Crippen molar-refractivity contribution < 1.29 is 4.39 Å². The summed E-state index contributed by atoms with van der Waals surface area (Å²) >= 11 is 3.20. The Morgan fingerprint density at radius 1 is 1.35 bits per heavy atom. The Morgan fingerprint density at radius 3 is 2.55 bits per heavy atom. The number of anilines is 1. The van der Waals surface area contributed by atoms with Crippen LogP contribution >= 0.6 is 15.9 Å². The molecule has 1 aliphatic heterocycles. The highest BCUT2D eigenvalue weighted by Crippen LogP contribution is 2.30. The van der Waals surface area contributed by atoms with E-state index in [0.29, 0.717) is 11.3 Å². The highest BCUT2D eigenvalue weighted by molar-refractivity contribution is 9.10. The van der Waals surface area contributed by atoms with Crippen LogP contribution in [0.3, 0.4) is 0 Å². The van der Waals surface area contributed by atoms with E-state index in [2.05, 4.69) is 32.7 Å². The van der Waals surface area contributed by atoms with Crippen LogP contribution in [0.2, 0.25) is 0 Å². The maximum absolute atomic E-state index is 14.4. The van der Waals surface area contributed by atoms with E-state index in [-0.39, 0.29) is 16.1 Å². The number of nitrogens with two attached hydrogens (primary N) is 1. The molecule has 3 N–H and O–H groups in total. The van der Waals surface area contributed by atoms with Gasteiger partial charge in [-0.2, -0.15) is 0 Å². The highest BCUT2D eigenvalue weighted by Gasteiger charge is 2.21. The molecular formula is C14H20BrFN4. The first kappa shape index (κ1) is 15.3. The molecule has 20 heavy (non-hydrogen) atoms. The van der Waals surface area contributed by atoms with E-state index in [0.717, 1.165) is 39.1 Å². The molecule has 0 saturated carbocycles. The van der Waals surface area contributed by atoms with E-state index >= 15 is 0 Å². The molecule has 0 bridgehead atoms. The Hall–Kier alpha value is -1.14. The van der Waals surface area contributed by atoms with Gasteiger partial charge in [0.15, 0.2) is 5.82 Å². The average Bonchev–Trinajstić information content (AvgIpc) is 2.43. The first-order chi connectivity index (χ1) is 9.54. The van der Waals surface area contributed by atoms with Crippen molar-refractivity contribution in [3.63, 3.8) is 0 Å². The molecule has 1 aliphatic rings. The summed E-state index contributed by atoms with van der Waals surface area (Å²) in [6, 6.07) is 3.41. The van der Waals surface area contributed by atoms with E-state index in [1.54, 1.807) is 12.1 Å². The quantitative estimate of drug-likeness (QED) is 0.652. The van der Waals surface area contributed by atoms with Crippen LogP contribution in [0.5, 0.6) is 0 Å². The van der Waals surface area contributed by atoms with E-state index in [9.17, 15) is 4.39 Å². The number of halogens is 2. The minimum Gasteiger partial charge on any atom is -0.384 e. The standard InChI is InChI=1S/C14H20BrFN4/c1-2-5-19-6-8-20(9-7-19)11-4-3-10(14(17)18)12(15)13(11)16/h3-4H,2,5-9H2,1H3,(H3,17,18). The third-order valence-corrected chi connectivity index (χ3v) is 4.38. The Bertz CT molecular complexity index is 498. The summed E-state index contributed by atoms with van der Waals surface area (Å²) in [6.07, 6.45) is 1.15. The molecule has 1 saturated heterocycles. The van der Waals surface area contributed by atoms with Crippen LogP contribution in [0.15, 0.2) is 16.6 Å². The van der Waals surface area contributed by atoms with E-state index in [1.165, 1.54) is 0 Å². The lowest BCUT2D eigenvalue weighted by Gasteiger charge is -2.36. The molecule has 0 radical (unpaired) electrons.